The van der Waals surface area contributed by atoms with E-state index in [2.05, 4.69) is 49.8 Å². The minimum atomic E-state index is -0.490. The van der Waals surface area contributed by atoms with Crippen molar-refractivity contribution < 1.29 is 9.53 Å². The summed E-state index contributed by atoms with van der Waals surface area (Å²) in [5, 5.41) is 7.55. The van der Waals surface area contributed by atoms with Gasteiger partial charge < -0.3 is 20.3 Å². The lowest BCUT2D eigenvalue weighted by molar-refractivity contribution is 0.0507. The predicted molar refractivity (Wildman–Crippen MR) is 116 cm³/mol. The maximum absolute atomic E-state index is 12.0. The first kappa shape index (κ1) is 20.9. The Hall–Kier alpha value is -2.83. The van der Waals surface area contributed by atoms with E-state index < -0.39 is 5.60 Å². The zero-order chi connectivity index (χ0) is 20.9. The molecule has 2 aromatic rings. The Morgan fingerprint density at radius 2 is 2.10 bits per heavy atom. The third kappa shape index (κ3) is 5.82. The van der Waals surface area contributed by atoms with Crippen molar-refractivity contribution in [2.75, 3.05) is 26.7 Å². The second-order valence-corrected chi connectivity index (χ2v) is 8.29. The van der Waals surface area contributed by atoms with E-state index in [1.807, 2.05) is 33.0 Å². The van der Waals surface area contributed by atoms with E-state index in [9.17, 15) is 4.79 Å². The molecule has 1 amide bonds. The average molecular weight is 398 g/mol. The number of amides is 1. The van der Waals surface area contributed by atoms with Crippen LogP contribution in [0, 0.1) is 0 Å². The van der Waals surface area contributed by atoms with Gasteiger partial charge in [0, 0.05) is 38.3 Å². The third-order valence-corrected chi connectivity index (χ3v) is 4.81. The van der Waals surface area contributed by atoms with E-state index in [0.29, 0.717) is 0 Å². The van der Waals surface area contributed by atoms with Crippen molar-refractivity contribution in [3.8, 4) is 0 Å². The smallest absolute Gasteiger partial charge is 0.407 e. The number of nitrogens with one attached hydrogen (secondary N) is 2. The van der Waals surface area contributed by atoms with Crippen molar-refractivity contribution >= 4 is 23.0 Å². The molecule has 1 fully saturated rings. The molecule has 7 nitrogen and oxygen atoms in total. The van der Waals surface area contributed by atoms with Gasteiger partial charge in [-0.1, -0.05) is 24.3 Å². The lowest BCUT2D eigenvalue weighted by atomic mass is 10.1. The number of benzene rings is 1. The lowest BCUT2D eigenvalue weighted by Gasteiger charge is -2.23. The van der Waals surface area contributed by atoms with Gasteiger partial charge in [0.1, 0.15) is 5.60 Å². The summed E-state index contributed by atoms with van der Waals surface area (Å²) in [5.74, 6) is 0.853. The third-order valence-electron chi connectivity index (χ3n) is 4.81. The van der Waals surface area contributed by atoms with Gasteiger partial charge in [-0.15, -0.1) is 0 Å². The highest BCUT2D eigenvalue weighted by molar-refractivity contribution is 5.82. The van der Waals surface area contributed by atoms with E-state index in [0.717, 1.165) is 49.3 Å². The van der Waals surface area contributed by atoms with E-state index >= 15 is 0 Å². The number of pyridine rings is 1. The number of guanidine groups is 1. The fourth-order valence-corrected chi connectivity index (χ4v) is 3.56. The van der Waals surface area contributed by atoms with E-state index in [4.69, 9.17) is 4.74 Å². The molecule has 0 aliphatic carbocycles. The summed E-state index contributed by atoms with van der Waals surface area (Å²) in [6.07, 6.45) is 3.20. The molecule has 1 aromatic carbocycles. The minimum absolute atomic E-state index is 0.0608. The van der Waals surface area contributed by atoms with Gasteiger partial charge >= 0.3 is 6.09 Å². The van der Waals surface area contributed by atoms with Crippen LogP contribution in [0.5, 0.6) is 0 Å². The summed E-state index contributed by atoms with van der Waals surface area (Å²) in [5.41, 5.74) is 1.78. The van der Waals surface area contributed by atoms with Crippen molar-refractivity contribution in [1.82, 2.24) is 20.5 Å². The van der Waals surface area contributed by atoms with Gasteiger partial charge in [0.15, 0.2) is 5.96 Å². The minimum Gasteiger partial charge on any atom is -0.444 e. The van der Waals surface area contributed by atoms with Gasteiger partial charge in [0.2, 0.25) is 0 Å². The first-order valence-electron chi connectivity index (χ1n) is 10.1. The van der Waals surface area contributed by atoms with Crippen LogP contribution in [-0.2, 0) is 11.2 Å². The van der Waals surface area contributed by atoms with Gasteiger partial charge in [0.25, 0.3) is 0 Å². The van der Waals surface area contributed by atoms with Crippen LogP contribution in [-0.4, -0.2) is 60.3 Å². The van der Waals surface area contributed by atoms with Crippen LogP contribution in [0.3, 0.4) is 0 Å². The second kappa shape index (κ2) is 9.11. The number of para-hydroxylation sites is 1. The fourth-order valence-electron chi connectivity index (χ4n) is 3.56. The van der Waals surface area contributed by atoms with Crippen molar-refractivity contribution in [1.29, 1.82) is 0 Å². The number of nitrogens with zero attached hydrogens (tertiary/aromatic N) is 3. The number of hydrogen-bond acceptors (Lipinski definition) is 4. The van der Waals surface area contributed by atoms with Gasteiger partial charge in [0.05, 0.1) is 11.6 Å². The summed E-state index contributed by atoms with van der Waals surface area (Å²) >= 11 is 0. The monoisotopic (exact) mass is 397 g/mol. The number of rotatable bonds is 4. The van der Waals surface area contributed by atoms with Crippen LogP contribution in [0.15, 0.2) is 41.5 Å². The van der Waals surface area contributed by atoms with Crippen LogP contribution < -0.4 is 10.6 Å². The molecule has 0 bridgehead atoms. The Labute approximate surface area is 172 Å². The molecule has 1 aromatic heterocycles. The number of carbonyl (C=O) groups is 1. The topological polar surface area (TPSA) is 78.9 Å². The number of aromatic nitrogens is 1. The quantitative estimate of drug-likeness (QED) is 0.613. The first-order chi connectivity index (χ1) is 13.9. The molecular formula is C22H31N5O2. The van der Waals surface area contributed by atoms with Gasteiger partial charge in [-0.3, -0.25) is 9.98 Å². The molecule has 156 valence electrons. The van der Waals surface area contributed by atoms with Crippen molar-refractivity contribution in [3.05, 3.63) is 42.1 Å². The van der Waals surface area contributed by atoms with Crippen LogP contribution in [0.1, 0.15) is 32.8 Å². The Morgan fingerprint density at radius 3 is 2.86 bits per heavy atom. The van der Waals surface area contributed by atoms with E-state index in [1.54, 1.807) is 7.05 Å². The maximum atomic E-state index is 12.0. The molecule has 2 heterocycles. The highest BCUT2D eigenvalue weighted by atomic mass is 16.6. The summed E-state index contributed by atoms with van der Waals surface area (Å²) in [6.45, 7) is 7.92. The molecule has 1 saturated heterocycles. The van der Waals surface area contributed by atoms with Crippen LogP contribution >= 0.6 is 0 Å². The largest absolute Gasteiger partial charge is 0.444 e. The number of carbonyl (C=O) groups excluding carboxylic acids is 1. The Bertz CT molecular complexity index is 870. The summed E-state index contributed by atoms with van der Waals surface area (Å²) in [7, 11) is 1.79. The van der Waals surface area contributed by atoms with Gasteiger partial charge in [-0.25, -0.2) is 4.79 Å². The Kier molecular flexibility index (Phi) is 6.56. The number of ether oxygens (including phenoxy) is 1. The zero-order valence-corrected chi connectivity index (χ0v) is 17.7. The van der Waals surface area contributed by atoms with Crippen molar-refractivity contribution in [2.45, 2.75) is 45.3 Å². The number of hydrogen-bond donors (Lipinski definition) is 2. The van der Waals surface area contributed by atoms with Crippen molar-refractivity contribution in [2.24, 2.45) is 4.99 Å². The van der Waals surface area contributed by atoms with Gasteiger partial charge in [-0.05, 0) is 45.2 Å². The molecule has 2 N–H and O–H groups in total. The standard InChI is InChI=1S/C22H31N5O2/c1-22(2,3)29-21(28)26-18-11-14-27(15-18)20(23-4)25-13-10-17-8-5-7-16-9-6-12-24-19(16)17/h5-9,12,18H,10-11,13-15H2,1-4H3,(H,23,25)(H,26,28)/t18-/m1/s1. The molecule has 0 spiro atoms. The number of likely N-dealkylation sites (tertiary alicyclic amines) is 1. The second-order valence-electron chi connectivity index (χ2n) is 8.29. The van der Waals surface area contributed by atoms with E-state index in [1.165, 1.54) is 5.56 Å². The lowest BCUT2D eigenvalue weighted by Crippen LogP contribution is -2.44. The molecule has 0 saturated carbocycles. The Morgan fingerprint density at radius 1 is 1.31 bits per heavy atom. The summed E-state index contributed by atoms with van der Waals surface area (Å²) in [6, 6.07) is 10.4. The molecule has 1 aliphatic heterocycles. The maximum Gasteiger partial charge on any atom is 0.407 e. The molecule has 0 radical (unpaired) electrons. The highest BCUT2D eigenvalue weighted by Gasteiger charge is 2.27. The molecule has 7 heteroatoms. The molecule has 1 atom stereocenters. The normalized spacial score (nSPS) is 17.4. The molecule has 0 unspecified atom stereocenters. The molecule has 1 aliphatic rings. The molecule has 29 heavy (non-hydrogen) atoms. The first-order valence-corrected chi connectivity index (χ1v) is 10.1. The van der Waals surface area contributed by atoms with E-state index in [-0.39, 0.29) is 12.1 Å². The average Bonchev–Trinajstić information content (AvgIpc) is 3.11. The predicted octanol–water partition coefficient (Wildman–Crippen LogP) is 2.95. The van der Waals surface area contributed by atoms with Crippen LogP contribution in [0.25, 0.3) is 10.9 Å². The number of fused-ring (bicyclic) bond motifs is 1. The SMILES string of the molecule is CN=C(NCCc1cccc2cccnc12)N1CC[C@@H](NC(=O)OC(C)(C)C)C1. The van der Waals surface area contributed by atoms with Crippen molar-refractivity contribution in [3.63, 3.8) is 0 Å². The zero-order valence-electron chi connectivity index (χ0n) is 17.7. The number of alkyl carbamates (subject to hydrolysis) is 1. The molecule has 3 rings (SSSR count). The Balaban J connectivity index is 1.50. The molecular weight excluding hydrogens is 366 g/mol. The number of aliphatic imine (C=N–C) groups is 1. The summed E-state index contributed by atoms with van der Waals surface area (Å²) < 4.78 is 5.35. The highest BCUT2D eigenvalue weighted by Crippen LogP contribution is 2.16. The fraction of sp³-hybridized carbons (Fsp3) is 0.500. The summed E-state index contributed by atoms with van der Waals surface area (Å²) in [4.78, 5) is 23.1. The van der Waals surface area contributed by atoms with Crippen LogP contribution in [0.4, 0.5) is 4.79 Å². The van der Waals surface area contributed by atoms with Gasteiger partial charge in [-0.2, -0.15) is 0 Å². The van der Waals surface area contributed by atoms with Crippen LogP contribution in [0.2, 0.25) is 0 Å².